The molecule has 0 aromatic carbocycles. The number of rotatable bonds is 2. The van der Waals surface area contributed by atoms with Gasteiger partial charge in [0.15, 0.2) is 12.6 Å². The van der Waals surface area contributed by atoms with E-state index in [1.54, 1.807) is 0 Å². The monoisotopic (exact) mass is 496 g/mol. The molecule has 22 heavy (non-hydrogen) atoms. The van der Waals surface area contributed by atoms with Crippen LogP contribution in [-0.4, -0.2) is 88.6 Å². The first kappa shape index (κ1) is 43.4. The summed E-state index contributed by atoms with van der Waals surface area (Å²) in [5.41, 5.74) is 0. The maximum absolute atomic E-state index is 9.30. The molecule has 17 N–H and O–H groups in total. The smallest absolute Gasteiger partial charge is 0.154 e. The van der Waals surface area contributed by atoms with Gasteiger partial charge in [0.25, 0.3) is 0 Å². The zero-order valence-electron chi connectivity index (χ0n) is 11.6. The molecule has 0 aromatic rings. The van der Waals surface area contributed by atoms with E-state index in [1.807, 2.05) is 0 Å². The third-order valence-corrected chi connectivity index (χ3v) is 2.60. The molecule has 0 aromatic heterocycles. The van der Waals surface area contributed by atoms with E-state index in [2.05, 4.69) is 0 Å². The van der Waals surface area contributed by atoms with E-state index in [-0.39, 0.29) is 64.7 Å². The zero-order valence-corrected chi connectivity index (χ0v) is 13.5. The van der Waals surface area contributed by atoms with Crippen LogP contribution >= 0.6 is 0 Å². The molecule has 2 unspecified atom stereocenters. The van der Waals surface area contributed by atoms with E-state index < -0.39 is 37.3 Å². The van der Waals surface area contributed by atoms with Gasteiger partial charge in [0.1, 0.15) is 6.79 Å². The normalized spacial score (nSPS) is 22.0. The molecule has 150 valence electrons. The van der Waals surface area contributed by atoms with Crippen LogP contribution in [0, 0.1) is 49.1 Å². The van der Waals surface area contributed by atoms with Crippen LogP contribution in [0.1, 0.15) is 19.3 Å². The Hall–Kier alpha value is 0.767. The molecular weight excluding hydrogens is 467 g/mol. The molecule has 12 nitrogen and oxygen atoms in total. The fourth-order valence-electron chi connectivity index (χ4n) is 1.86. The maximum atomic E-state index is 9.30. The van der Waals surface area contributed by atoms with Crippen molar-refractivity contribution in [2.45, 2.75) is 37.9 Å². The van der Waals surface area contributed by atoms with Gasteiger partial charge in [0, 0.05) is 49.1 Å². The largest absolute Gasteiger partial charge is 0.412 e. The van der Waals surface area contributed by atoms with Crippen LogP contribution in [-0.2, 0) is 0 Å². The minimum Gasteiger partial charge on any atom is -0.412 e. The van der Waals surface area contributed by atoms with E-state index in [0.717, 1.165) is 0 Å². The quantitative estimate of drug-likeness (QED) is 0.181. The Bertz CT molecular complexity index is 168. The van der Waals surface area contributed by atoms with Crippen molar-refractivity contribution >= 4 is 0 Å². The van der Waals surface area contributed by atoms with E-state index in [0.29, 0.717) is 19.3 Å². The van der Waals surface area contributed by atoms with Crippen LogP contribution in [0.3, 0.4) is 0 Å². The van der Waals surface area contributed by atoms with Crippen LogP contribution in [0.2, 0.25) is 0 Å². The molecule has 1 aliphatic rings. The zero-order chi connectivity index (χ0) is 12.7. The van der Waals surface area contributed by atoms with Gasteiger partial charge in [-0.05, 0) is 19.3 Å². The van der Waals surface area contributed by atoms with Crippen molar-refractivity contribution in [1.82, 2.24) is 0 Å². The van der Waals surface area contributed by atoms with Gasteiger partial charge in [-0.15, -0.1) is 0 Å². The van der Waals surface area contributed by atoms with Crippen molar-refractivity contribution in [1.29, 1.82) is 0 Å². The van der Waals surface area contributed by atoms with Gasteiger partial charge in [-0.2, -0.15) is 0 Å². The summed E-state index contributed by atoms with van der Waals surface area (Å²) in [4.78, 5) is 0. The standard InChI is InChI=1S/C8H16O5.CH4O2.Er.5H2O/c9-6-2-4(7(10)11)1-5(3-6)8(12)13;2-1-3;;;;;;/h4-13H,1-3H2;2-3H,1H2;;5*1H2. The number of hydrogen-bond acceptors (Lipinski definition) is 7. The van der Waals surface area contributed by atoms with E-state index >= 15 is 0 Å². The minimum absolute atomic E-state index is 0. The maximum Gasteiger partial charge on any atom is 0.154 e. The molecule has 1 fully saturated rings. The molecule has 1 aliphatic carbocycles. The van der Waals surface area contributed by atoms with E-state index in [1.165, 1.54) is 0 Å². The van der Waals surface area contributed by atoms with Gasteiger partial charge < -0.3 is 63.1 Å². The molecule has 0 aliphatic heterocycles. The second-order valence-electron chi connectivity index (χ2n) is 3.85. The molecule has 0 heterocycles. The van der Waals surface area contributed by atoms with Gasteiger partial charge in [0.05, 0.1) is 6.10 Å². The first-order valence-corrected chi connectivity index (χ1v) is 5.04. The van der Waals surface area contributed by atoms with Gasteiger partial charge in [0.2, 0.25) is 0 Å². The Labute approximate surface area is 156 Å². The van der Waals surface area contributed by atoms with Crippen molar-refractivity contribution in [2.75, 3.05) is 6.79 Å². The topological polar surface area (TPSA) is 299 Å². The van der Waals surface area contributed by atoms with Crippen molar-refractivity contribution in [3.63, 3.8) is 0 Å². The first-order valence-electron chi connectivity index (χ1n) is 5.04. The van der Waals surface area contributed by atoms with Gasteiger partial charge in [-0.25, -0.2) is 0 Å². The molecule has 1 saturated carbocycles. The minimum atomic E-state index is -1.49. The van der Waals surface area contributed by atoms with Gasteiger partial charge >= 0.3 is 0 Å². The molecule has 2 atom stereocenters. The number of aliphatic hydroxyl groups is 7. The molecule has 0 amide bonds. The average molecular weight is 498 g/mol. The Morgan fingerprint density at radius 2 is 0.909 bits per heavy atom. The van der Waals surface area contributed by atoms with Crippen LogP contribution in [0.5, 0.6) is 0 Å². The Morgan fingerprint density at radius 1 is 0.682 bits per heavy atom. The second-order valence-corrected chi connectivity index (χ2v) is 3.85. The summed E-state index contributed by atoms with van der Waals surface area (Å²) < 4.78 is 0. The van der Waals surface area contributed by atoms with Gasteiger partial charge in [-0.3, -0.25) is 0 Å². The van der Waals surface area contributed by atoms with Crippen molar-refractivity contribution < 1.29 is 100 Å². The number of hydrogen-bond donors (Lipinski definition) is 7. The third-order valence-electron chi connectivity index (χ3n) is 2.60. The summed E-state index contributed by atoms with van der Waals surface area (Å²) >= 11 is 0. The van der Waals surface area contributed by atoms with Crippen LogP contribution in [0.25, 0.3) is 0 Å². The predicted octanol–water partition coefficient (Wildman–Crippen LogP) is -6.81. The Morgan fingerprint density at radius 3 is 1.09 bits per heavy atom. The molecule has 13 heteroatoms. The molecule has 0 bridgehead atoms. The van der Waals surface area contributed by atoms with Crippen LogP contribution < -0.4 is 0 Å². The second kappa shape index (κ2) is 24.0. The third kappa shape index (κ3) is 18.8. The van der Waals surface area contributed by atoms with Crippen molar-refractivity contribution in [3.05, 3.63) is 0 Å². The summed E-state index contributed by atoms with van der Waals surface area (Å²) in [6, 6.07) is 0. The fourth-order valence-corrected chi connectivity index (χ4v) is 1.86. The Balaban J connectivity index is -0.0000000465. The Kier molecular flexibility index (Phi) is 47.4. The number of aliphatic hydroxyl groups excluding tert-OH is 4. The van der Waals surface area contributed by atoms with Crippen molar-refractivity contribution in [3.8, 4) is 0 Å². The summed E-state index contributed by atoms with van der Waals surface area (Å²) in [6.07, 6.45) is -2.71. The van der Waals surface area contributed by atoms with Crippen LogP contribution in [0.4, 0.5) is 0 Å². The summed E-state index contributed by atoms with van der Waals surface area (Å²) in [7, 11) is 0. The molecule has 0 radical (unpaired) electrons. The molecule has 0 saturated heterocycles. The fraction of sp³-hybridized carbons (Fsp3) is 1.00. The summed E-state index contributed by atoms with van der Waals surface area (Å²) in [6.45, 7) is -0.750. The average Bonchev–Trinajstić information content (AvgIpc) is 2.17. The van der Waals surface area contributed by atoms with Crippen molar-refractivity contribution in [2.24, 2.45) is 11.8 Å². The molecule has 1 rings (SSSR count). The SMILES string of the molecule is O.O.O.O.O.OC1CC(C(O)O)CC(C(O)O)C1.OCO.[Er]. The molecule has 0 spiro atoms. The van der Waals surface area contributed by atoms with E-state index in [4.69, 9.17) is 30.6 Å². The predicted molar refractivity (Wildman–Crippen MR) is 70.7 cm³/mol. The molecular formula is C9H30ErO12. The summed E-state index contributed by atoms with van der Waals surface area (Å²) in [5.74, 6) is -0.925. The van der Waals surface area contributed by atoms with Crippen LogP contribution in [0.15, 0.2) is 0 Å². The summed E-state index contributed by atoms with van der Waals surface area (Å²) in [5, 5.41) is 59.1. The van der Waals surface area contributed by atoms with E-state index in [9.17, 15) is 5.11 Å². The first-order chi connectivity index (χ1) is 7.42. The van der Waals surface area contributed by atoms with Gasteiger partial charge in [-0.1, -0.05) is 0 Å².